The molecular weight excluding hydrogens is 398 g/mol. The molecule has 7 nitrogen and oxygen atoms in total. The van der Waals surface area contributed by atoms with Gasteiger partial charge in [0.15, 0.2) is 10.8 Å². The van der Waals surface area contributed by atoms with Gasteiger partial charge in [-0.2, -0.15) is 0 Å². The number of hydrogen-bond donors (Lipinski definition) is 3. The van der Waals surface area contributed by atoms with Crippen molar-refractivity contribution in [2.45, 2.75) is 71.4 Å². The number of aryl methyl sites for hydroxylation is 1. The first-order chi connectivity index (χ1) is 14.5. The molecule has 1 aliphatic carbocycles. The molecule has 0 unspecified atom stereocenters. The number of nitrogens with two attached hydrogens (primary N) is 1. The lowest BCUT2D eigenvalue weighted by atomic mass is 10.1. The predicted molar refractivity (Wildman–Crippen MR) is 127 cm³/mol. The van der Waals surface area contributed by atoms with Crippen molar-refractivity contribution < 1.29 is 0 Å². The highest BCUT2D eigenvalue weighted by molar-refractivity contribution is 7.80. The van der Waals surface area contributed by atoms with Crippen LogP contribution in [0.3, 0.4) is 0 Å². The molecule has 1 fully saturated rings. The number of aromatic amines is 1. The van der Waals surface area contributed by atoms with E-state index < -0.39 is 11.2 Å². The van der Waals surface area contributed by atoms with Crippen LogP contribution >= 0.6 is 12.2 Å². The fraction of sp³-hybridized carbons (Fsp3) is 0.500. The smallest absolute Gasteiger partial charge is 0.330 e. The number of unbranched alkanes of at least 4 members (excludes halogenated alkanes) is 1. The van der Waals surface area contributed by atoms with E-state index in [4.69, 9.17) is 18.0 Å². The third-order valence-corrected chi connectivity index (χ3v) is 6.04. The average molecular weight is 430 g/mol. The number of thiocarbonyl (C=S) groups is 1. The molecule has 2 aromatic rings. The Hall–Kier alpha value is -2.61. The standard InChI is InChI=1S/C22H31N5O2S/c1-3-5-14-26-19(23)18(20(28)25-21(26)29)27(16-11-7-8-12-16)22(30)24-17-13-9-6-10-15(17)4-2/h6,9-10,13,16H,3-5,7-8,11-12,14,23H2,1-2H3,(H,24,30)(H,25,28,29). The molecule has 0 atom stereocenters. The fourth-order valence-electron chi connectivity index (χ4n) is 4.09. The van der Waals surface area contributed by atoms with Crippen molar-refractivity contribution in [3.05, 3.63) is 50.7 Å². The number of benzene rings is 1. The van der Waals surface area contributed by atoms with E-state index >= 15 is 0 Å². The van der Waals surface area contributed by atoms with Crippen LogP contribution < -0.4 is 27.2 Å². The Morgan fingerprint density at radius 2 is 1.97 bits per heavy atom. The second-order valence-corrected chi connectivity index (χ2v) is 8.13. The third-order valence-electron chi connectivity index (χ3n) is 5.74. The van der Waals surface area contributed by atoms with Crippen molar-refractivity contribution in [3.8, 4) is 0 Å². The molecule has 4 N–H and O–H groups in total. The first kappa shape index (κ1) is 22.1. The normalized spacial score (nSPS) is 14.1. The van der Waals surface area contributed by atoms with Crippen molar-refractivity contribution in [2.75, 3.05) is 16.0 Å². The second kappa shape index (κ2) is 9.93. The maximum absolute atomic E-state index is 12.9. The van der Waals surface area contributed by atoms with Crippen LogP contribution in [0.1, 0.15) is 57.9 Å². The zero-order valence-corrected chi connectivity index (χ0v) is 18.6. The summed E-state index contributed by atoms with van der Waals surface area (Å²) in [5.74, 6) is 0.178. The van der Waals surface area contributed by atoms with Gasteiger partial charge in [0.2, 0.25) is 0 Å². The molecule has 1 aromatic heterocycles. The summed E-state index contributed by atoms with van der Waals surface area (Å²) in [7, 11) is 0. The number of anilines is 3. The van der Waals surface area contributed by atoms with E-state index in [1.54, 1.807) is 0 Å². The van der Waals surface area contributed by atoms with E-state index in [0.29, 0.717) is 11.7 Å². The zero-order chi connectivity index (χ0) is 21.7. The number of H-pyrrole nitrogens is 1. The third kappa shape index (κ3) is 4.59. The first-order valence-corrected chi connectivity index (χ1v) is 11.2. The average Bonchev–Trinajstić information content (AvgIpc) is 3.25. The van der Waals surface area contributed by atoms with E-state index in [9.17, 15) is 9.59 Å². The number of nitrogens with one attached hydrogen (secondary N) is 2. The van der Waals surface area contributed by atoms with Crippen LogP contribution in [0.2, 0.25) is 0 Å². The highest BCUT2D eigenvalue weighted by atomic mass is 32.1. The van der Waals surface area contributed by atoms with E-state index in [1.165, 1.54) is 4.57 Å². The van der Waals surface area contributed by atoms with Gasteiger partial charge in [-0.05, 0) is 49.5 Å². The number of rotatable bonds is 7. The summed E-state index contributed by atoms with van der Waals surface area (Å²) in [6.45, 7) is 4.59. The van der Waals surface area contributed by atoms with Gasteiger partial charge in [-0.3, -0.25) is 14.3 Å². The van der Waals surface area contributed by atoms with Crippen LogP contribution in [0.15, 0.2) is 33.9 Å². The zero-order valence-electron chi connectivity index (χ0n) is 17.7. The Morgan fingerprint density at radius 1 is 1.27 bits per heavy atom. The molecule has 3 rings (SSSR count). The summed E-state index contributed by atoms with van der Waals surface area (Å²) in [6.07, 6.45) is 6.56. The van der Waals surface area contributed by atoms with Crippen LogP contribution in [-0.4, -0.2) is 20.7 Å². The van der Waals surface area contributed by atoms with Crippen molar-refractivity contribution in [1.29, 1.82) is 0 Å². The van der Waals surface area contributed by atoms with Gasteiger partial charge in [0.05, 0.1) is 0 Å². The quantitative estimate of drug-likeness (QED) is 0.582. The molecule has 1 aromatic carbocycles. The van der Waals surface area contributed by atoms with Gasteiger partial charge >= 0.3 is 5.69 Å². The number of hydrogen-bond acceptors (Lipinski definition) is 4. The van der Waals surface area contributed by atoms with E-state index in [-0.39, 0.29) is 17.5 Å². The van der Waals surface area contributed by atoms with E-state index in [1.807, 2.05) is 30.0 Å². The minimum Gasteiger partial charge on any atom is -0.383 e. The van der Waals surface area contributed by atoms with Gasteiger partial charge in [-0.15, -0.1) is 0 Å². The Kier molecular flexibility index (Phi) is 7.31. The maximum Gasteiger partial charge on any atom is 0.330 e. The molecule has 0 aliphatic heterocycles. The van der Waals surface area contributed by atoms with Crippen molar-refractivity contribution in [2.24, 2.45) is 0 Å². The second-order valence-electron chi connectivity index (χ2n) is 7.75. The van der Waals surface area contributed by atoms with Gasteiger partial charge in [-0.25, -0.2) is 4.79 Å². The Morgan fingerprint density at radius 3 is 2.63 bits per heavy atom. The Labute approximate surface area is 182 Å². The molecule has 0 radical (unpaired) electrons. The van der Waals surface area contributed by atoms with Gasteiger partial charge in [-0.1, -0.05) is 51.3 Å². The molecule has 0 bridgehead atoms. The number of nitrogens with zero attached hydrogens (tertiary/aromatic N) is 2. The van der Waals surface area contributed by atoms with Crippen LogP contribution in [-0.2, 0) is 13.0 Å². The maximum atomic E-state index is 12.9. The lowest BCUT2D eigenvalue weighted by Crippen LogP contribution is -2.47. The lowest BCUT2D eigenvalue weighted by molar-refractivity contribution is 0.601. The van der Waals surface area contributed by atoms with E-state index in [0.717, 1.165) is 56.2 Å². The van der Waals surface area contributed by atoms with Gasteiger partial charge in [0.25, 0.3) is 5.56 Å². The molecule has 1 heterocycles. The summed E-state index contributed by atoms with van der Waals surface area (Å²) in [4.78, 5) is 29.5. The predicted octanol–water partition coefficient (Wildman–Crippen LogP) is 3.63. The summed E-state index contributed by atoms with van der Waals surface area (Å²) >= 11 is 5.79. The SMILES string of the molecule is CCCCn1c(N)c(N(C(=S)Nc2ccccc2CC)C2CCCC2)c(=O)[nH]c1=O. The molecule has 1 saturated carbocycles. The highest BCUT2D eigenvalue weighted by Crippen LogP contribution is 2.30. The fourth-order valence-corrected chi connectivity index (χ4v) is 4.44. The highest BCUT2D eigenvalue weighted by Gasteiger charge is 2.31. The van der Waals surface area contributed by atoms with Gasteiger partial charge in [0.1, 0.15) is 5.82 Å². The molecule has 0 amide bonds. The monoisotopic (exact) mass is 429 g/mol. The van der Waals surface area contributed by atoms with Crippen molar-refractivity contribution in [1.82, 2.24) is 9.55 Å². The Balaban J connectivity index is 2.05. The van der Waals surface area contributed by atoms with Crippen molar-refractivity contribution >= 4 is 34.5 Å². The van der Waals surface area contributed by atoms with Crippen molar-refractivity contribution in [3.63, 3.8) is 0 Å². The van der Waals surface area contributed by atoms with Crippen LogP contribution in [0.4, 0.5) is 17.2 Å². The van der Waals surface area contributed by atoms with E-state index in [2.05, 4.69) is 23.3 Å². The summed E-state index contributed by atoms with van der Waals surface area (Å²) < 4.78 is 1.45. The molecule has 1 aliphatic rings. The molecule has 0 saturated heterocycles. The summed E-state index contributed by atoms with van der Waals surface area (Å²) in [5, 5.41) is 3.76. The minimum absolute atomic E-state index is 0.0688. The molecule has 0 spiro atoms. The molecular formula is C22H31N5O2S. The van der Waals surface area contributed by atoms with Gasteiger partial charge < -0.3 is 16.0 Å². The molecule has 8 heteroatoms. The largest absolute Gasteiger partial charge is 0.383 e. The first-order valence-electron chi connectivity index (χ1n) is 10.8. The van der Waals surface area contributed by atoms with Crippen LogP contribution in [0.25, 0.3) is 0 Å². The lowest BCUT2D eigenvalue weighted by Gasteiger charge is -2.32. The number of para-hydroxylation sites is 1. The molecule has 30 heavy (non-hydrogen) atoms. The number of aromatic nitrogens is 2. The Bertz CT molecular complexity index is 1010. The van der Waals surface area contributed by atoms with Gasteiger partial charge in [0, 0.05) is 18.3 Å². The number of nitrogen functional groups attached to an aromatic ring is 1. The van der Waals surface area contributed by atoms with Crippen LogP contribution in [0.5, 0.6) is 0 Å². The molecule has 162 valence electrons. The minimum atomic E-state index is -0.495. The summed E-state index contributed by atoms with van der Waals surface area (Å²) in [5.41, 5.74) is 7.75. The topological polar surface area (TPSA) is 96.2 Å². The summed E-state index contributed by atoms with van der Waals surface area (Å²) in [6, 6.07) is 8.05. The van der Waals surface area contributed by atoms with Crippen LogP contribution in [0, 0.1) is 0 Å².